The van der Waals surface area contributed by atoms with Gasteiger partial charge in [0.1, 0.15) is 23.9 Å². The summed E-state index contributed by atoms with van der Waals surface area (Å²) in [5.74, 6) is 1.67. The van der Waals surface area contributed by atoms with Crippen LogP contribution in [0.25, 0.3) is 11.3 Å². The number of furan rings is 1. The van der Waals surface area contributed by atoms with Gasteiger partial charge in [0.05, 0.1) is 12.8 Å². The molecule has 0 saturated heterocycles. The molecular formula is C16H19NO4. The predicted molar refractivity (Wildman–Crippen MR) is 80.2 cm³/mol. The fraction of sp³-hybridized carbons (Fsp3) is 0.312. The summed E-state index contributed by atoms with van der Waals surface area (Å²) >= 11 is 0. The van der Waals surface area contributed by atoms with Gasteiger partial charge in [-0.1, -0.05) is 6.92 Å². The molecule has 0 radical (unpaired) electrons. The Morgan fingerprint density at radius 3 is 2.76 bits per heavy atom. The number of ether oxygens (including phenoxy) is 1. The van der Waals surface area contributed by atoms with Crippen LogP contribution in [0.3, 0.4) is 0 Å². The van der Waals surface area contributed by atoms with Crippen molar-refractivity contribution in [2.45, 2.75) is 26.4 Å². The van der Waals surface area contributed by atoms with Gasteiger partial charge >= 0.3 is 0 Å². The number of aliphatic hydroxyl groups excluding tert-OH is 1. The molecule has 0 spiro atoms. The molecule has 2 rings (SSSR count). The van der Waals surface area contributed by atoms with E-state index in [1.165, 1.54) is 0 Å². The Balaban J connectivity index is 2.30. The Morgan fingerprint density at radius 2 is 2.14 bits per heavy atom. The average molecular weight is 289 g/mol. The van der Waals surface area contributed by atoms with Gasteiger partial charge in [0, 0.05) is 12.0 Å². The smallest absolute Gasteiger partial charge is 0.224 e. The van der Waals surface area contributed by atoms with Crippen molar-refractivity contribution in [2.24, 2.45) is 0 Å². The summed E-state index contributed by atoms with van der Waals surface area (Å²) in [5, 5.41) is 11.9. The minimum atomic E-state index is -0.143. The van der Waals surface area contributed by atoms with Gasteiger partial charge in [0.2, 0.25) is 5.91 Å². The standard InChI is InChI=1S/C16H19NO4/c1-3-4-16(19)17-13-9-11(5-7-15(13)20-2)14-8-6-12(10-18)21-14/h5-9,18H,3-4,10H2,1-2H3,(H,17,19). The van der Waals surface area contributed by atoms with Crippen LogP contribution in [0.1, 0.15) is 25.5 Å². The minimum Gasteiger partial charge on any atom is -0.495 e. The second kappa shape index (κ2) is 6.95. The highest BCUT2D eigenvalue weighted by Gasteiger charge is 2.11. The van der Waals surface area contributed by atoms with Crippen molar-refractivity contribution in [3.8, 4) is 17.1 Å². The molecule has 5 nitrogen and oxygen atoms in total. The summed E-state index contributed by atoms with van der Waals surface area (Å²) in [7, 11) is 1.56. The fourth-order valence-electron chi connectivity index (χ4n) is 2.02. The van der Waals surface area contributed by atoms with Crippen LogP contribution >= 0.6 is 0 Å². The zero-order valence-electron chi connectivity index (χ0n) is 12.2. The minimum absolute atomic E-state index is 0.0524. The molecule has 2 aromatic rings. The summed E-state index contributed by atoms with van der Waals surface area (Å²) in [6.45, 7) is 1.81. The highest BCUT2D eigenvalue weighted by atomic mass is 16.5. The van der Waals surface area contributed by atoms with Crippen LogP contribution in [0, 0.1) is 0 Å². The third kappa shape index (κ3) is 3.64. The Kier molecular flexibility index (Phi) is 5.00. The van der Waals surface area contributed by atoms with Gasteiger partial charge in [0.15, 0.2) is 0 Å². The van der Waals surface area contributed by atoms with E-state index in [0.717, 1.165) is 12.0 Å². The topological polar surface area (TPSA) is 71.7 Å². The normalized spacial score (nSPS) is 10.4. The molecule has 112 valence electrons. The van der Waals surface area contributed by atoms with Crippen molar-refractivity contribution in [1.29, 1.82) is 0 Å². The van der Waals surface area contributed by atoms with Crippen molar-refractivity contribution in [1.82, 2.24) is 0 Å². The Bertz CT molecular complexity index is 618. The molecule has 0 aliphatic heterocycles. The number of carbonyl (C=O) groups excluding carboxylic acids is 1. The van der Waals surface area contributed by atoms with Gasteiger partial charge in [-0.05, 0) is 36.8 Å². The van der Waals surface area contributed by atoms with Crippen molar-refractivity contribution in [3.63, 3.8) is 0 Å². The van der Waals surface area contributed by atoms with Crippen molar-refractivity contribution >= 4 is 11.6 Å². The molecule has 1 heterocycles. The molecule has 0 saturated carbocycles. The summed E-state index contributed by atoms with van der Waals surface area (Å²) in [4.78, 5) is 11.8. The molecule has 1 aromatic carbocycles. The van der Waals surface area contributed by atoms with E-state index in [9.17, 15) is 4.79 Å². The Hall–Kier alpha value is -2.27. The van der Waals surface area contributed by atoms with Crippen molar-refractivity contribution in [3.05, 3.63) is 36.1 Å². The lowest BCUT2D eigenvalue weighted by Gasteiger charge is -2.11. The molecule has 0 bridgehead atoms. The van der Waals surface area contributed by atoms with E-state index in [4.69, 9.17) is 14.3 Å². The fourth-order valence-corrected chi connectivity index (χ4v) is 2.02. The summed E-state index contributed by atoms with van der Waals surface area (Å²) < 4.78 is 10.8. The number of hydrogen-bond acceptors (Lipinski definition) is 4. The lowest BCUT2D eigenvalue weighted by molar-refractivity contribution is -0.116. The maximum atomic E-state index is 11.8. The molecule has 0 atom stereocenters. The number of anilines is 1. The van der Waals surface area contributed by atoms with Crippen LogP contribution in [-0.2, 0) is 11.4 Å². The third-order valence-electron chi connectivity index (χ3n) is 3.05. The molecule has 0 fully saturated rings. The second-order valence-electron chi connectivity index (χ2n) is 4.64. The summed E-state index contributed by atoms with van der Waals surface area (Å²) in [6.07, 6.45) is 1.24. The molecule has 21 heavy (non-hydrogen) atoms. The number of aliphatic hydroxyl groups is 1. The van der Waals surface area contributed by atoms with Crippen LogP contribution < -0.4 is 10.1 Å². The zero-order valence-corrected chi connectivity index (χ0v) is 12.2. The molecule has 2 N–H and O–H groups in total. The number of carbonyl (C=O) groups is 1. The Labute approximate surface area is 123 Å². The maximum Gasteiger partial charge on any atom is 0.224 e. The highest BCUT2D eigenvalue weighted by Crippen LogP contribution is 2.31. The van der Waals surface area contributed by atoms with Crippen molar-refractivity contribution < 1.29 is 19.1 Å². The number of amides is 1. The zero-order chi connectivity index (χ0) is 15.2. The van der Waals surface area contributed by atoms with E-state index in [1.54, 1.807) is 31.4 Å². The van der Waals surface area contributed by atoms with E-state index in [2.05, 4.69) is 5.32 Å². The molecule has 1 amide bonds. The van der Waals surface area contributed by atoms with Crippen LogP contribution in [0.5, 0.6) is 5.75 Å². The third-order valence-corrected chi connectivity index (χ3v) is 3.05. The highest BCUT2D eigenvalue weighted by molar-refractivity contribution is 5.93. The number of hydrogen-bond donors (Lipinski definition) is 2. The first-order valence-corrected chi connectivity index (χ1v) is 6.85. The monoisotopic (exact) mass is 289 g/mol. The number of rotatable bonds is 6. The quantitative estimate of drug-likeness (QED) is 0.856. The number of nitrogens with one attached hydrogen (secondary N) is 1. The second-order valence-corrected chi connectivity index (χ2v) is 4.64. The van der Waals surface area contributed by atoms with Crippen LogP contribution in [0.4, 0.5) is 5.69 Å². The maximum absolute atomic E-state index is 11.8. The molecule has 0 unspecified atom stereocenters. The number of methoxy groups -OCH3 is 1. The van der Waals surface area contributed by atoms with Crippen LogP contribution in [-0.4, -0.2) is 18.1 Å². The first kappa shape index (κ1) is 15.1. The molecule has 1 aromatic heterocycles. The van der Waals surface area contributed by atoms with E-state index < -0.39 is 0 Å². The lowest BCUT2D eigenvalue weighted by atomic mass is 10.1. The van der Waals surface area contributed by atoms with E-state index >= 15 is 0 Å². The summed E-state index contributed by atoms with van der Waals surface area (Å²) in [5.41, 5.74) is 1.41. The average Bonchev–Trinajstić information content (AvgIpc) is 2.96. The largest absolute Gasteiger partial charge is 0.495 e. The van der Waals surface area contributed by atoms with Gasteiger partial charge in [-0.15, -0.1) is 0 Å². The first-order valence-electron chi connectivity index (χ1n) is 6.85. The number of benzene rings is 1. The van der Waals surface area contributed by atoms with Gasteiger partial charge < -0.3 is 19.6 Å². The van der Waals surface area contributed by atoms with E-state index in [0.29, 0.717) is 29.4 Å². The molecule has 5 heteroatoms. The van der Waals surface area contributed by atoms with Gasteiger partial charge in [-0.25, -0.2) is 0 Å². The Morgan fingerprint density at radius 1 is 1.33 bits per heavy atom. The van der Waals surface area contributed by atoms with E-state index in [1.807, 2.05) is 13.0 Å². The van der Waals surface area contributed by atoms with Crippen LogP contribution in [0.2, 0.25) is 0 Å². The van der Waals surface area contributed by atoms with Gasteiger partial charge in [0.25, 0.3) is 0 Å². The van der Waals surface area contributed by atoms with Gasteiger partial charge in [-0.2, -0.15) is 0 Å². The van der Waals surface area contributed by atoms with E-state index in [-0.39, 0.29) is 12.5 Å². The predicted octanol–water partition coefficient (Wildman–Crippen LogP) is 3.19. The summed E-state index contributed by atoms with van der Waals surface area (Å²) in [6, 6.07) is 8.92. The molecule has 0 aliphatic rings. The van der Waals surface area contributed by atoms with Gasteiger partial charge in [-0.3, -0.25) is 4.79 Å². The van der Waals surface area contributed by atoms with Crippen LogP contribution in [0.15, 0.2) is 34.7 Å². The first-order chi connectivity index (χ1) is 10.2. The lowest BCUT2D eigenvalue weighted by Crippen LogP contribution is -2.11. The molecular weight excluding hydrogens is 270 g/mol. The van der Waals surface area contributed by atoms with Crippen molar-refractivity contribution in [2.75, 3.05) is 12.4 Å². The SMILES string of the molecule is CCCC(=O)Nc1cc(-c2ccc(CO)o2)ccc1OC. The molecule has 0 aliphatic carbocycles.